The SMILES string of the molecule is C[S+](C)CC(=O)c1ccc(Oc2ccccc2)cc1. The molecule has 0 fully saturated rings. The highest BCUT2D eigenvalue weighted by Crippen LogP contribution is 2.21. The molecule has 0 aromatic heterocycles. The van der Waals surface area contributed by atoms with E-state index in [0.29, 0.717) is 5.75 Å². The van der Waals surface area contributed by atoms with E-state index in [2.05, 4.69) is 12.5 Å². The van der Waals surface area contributed by atoms with Gasteiger partial charge < -0.3 is 4.74 Å². The largest absolute Gasteiger partial charge is 0.457 e. The molecule has 3 heteroatoms. The fourth-order valence-electron chi connectivity index (χ4n) is 1.68. The Balaban J connectivity index is 2.04. The van der Waals surface area contributed by atoms with Gasteiger partial charge in [-0.15, -0.1) is 0 Å². The number of Topliss-reactive ketones (excluding diaryl/α,β-unsaturated/α-hetero) is 1. The zero-order valence-electron chi connectivity index (χ0n) is 11.1. The average molecular weight is 273 g/mol. The number of ether oxygens (including phenoxy) is 1. The number of benzene rings is 2. The van der Waals surface area contributed by atoms with Crippen LogP contribution < -0.4 is 4.74 Å². The zero-order valence-corrected chi connectivity index (χ0v) is 11.9. The van der Waals surface area contributed by atoms with Crippen molar-refractivity contribution >= 4 is 16.7 Å². The van der Waals surface area contributed by atoms with Crippen LogP contribution in [0.1, 0.15) is 10.4 Å². The third-order valence-electron chi connectivity index (χ3n) is 2.57. The topological polar surface area (TPSA) is 26.3 Å². The molecule has 0 saturated heterocycles. The Hall–Kier alpha value is -1.74. The lowest BCUT2D eigenvalue weighted by atomic mass is 10.1. The lowest BCUT2D eigenvalue weighted by Gasteiger charge is -2.06. The van der Waals surface area contributed by atoms with Crippen LogP contribution in [0.5, 0.6) is 11.5 Å². The summed E-state index contributed by atoms with van der Waals surface area (Å²) in [5, 5.41) is 0. The van der Waals surface area contributed by atoms with Crippen LogP contribution >= 0.6 is 0 Å². The van der Waals surface area contributed by atoms with Crippen molar-refractivity contribution in [3.63, 3.8) is 0 Å². The molecule has 2 aromatic rings. The van der Waals surface area contributed by atoms with E-state index >= 15 is 0 Å². The maximum atomic E-state index is 11.9. The molecule has 0 bridgehead atoms. The van der Waals surface area contributed by atoms with E-state index in [1.807, 2.05) is 54.6 Å². The quantitative estimate of drug-likeness (QED) is 0.615. The Morgan fingerprint density at radius 3 is 2.11 bits per heavy atom. The Kier molecular flexibility index (Phi) is 4.63. The van der Waals surface area contributed by atoms with E-state index < -0.39 is 0 Å². The minimum absolute atomic E-state index is 0.136. The standard InChI is InChI=1S/C16H17O2S/c1-19(2)12-16(17)13-8-10-15(11-9-13)18-14-6-4-3-5-7-14/h3-11H,12H2,1-2H3/q+1. The lowest BCUT2D eigenvalue weighted by molar-refractivity contribution is 0.102. The van der Waals surface area contributed by atoms with Crippen LogP contribution in [0.25, 0.3) is 0 Å². The number of hydrogen-bond donors (Lipinski definition) is 0. The summed E-state index contributed by atoms with van der Waals surface area (Å²) in [5.41, 5.74) is 0.751. The van der Waals surface area contributed by atoms with Crippen molar-refractivity contribution in [2.24, 2.45) is 0 Å². The maximum absolute atomic E-state index is 11.9. The van der Waals surface area contributed by atoms with Crippen LogP contribution in [0.15, 0.2) is 54.6 Å². The van der Waals surface area contributed by atoms with Crippen LogP contribution in [0.2, 0.25) is 0 Å². The first-order chi connectivity index (χ1) is 9.15. The second kappa shape index (κ2) is 6.43. The molecule has 2 aromatic carbocycles. The van der Waals surface area contributed by atoms with Crippen LogP contribution in [0.4, 0.5) is 0 Å². The van der Waals surface area contributed by atoms with Gasteiger partial charge in [-0.3, -0.25) is 4.79 Å². The molecule has 0 aliphatic carbocycles. The van der Waals surface area contributed by atoms with Gasteiger partial charge in [-0.25, -0.2) is 0 Å². The summed E-state index contributed by atoms with van der Waals surface area (Å²) in [6, 6.07) is 16.9. The second-order valence-corrected chi connectivity index (χ2v) is 6.75. The van der Waals surface area contributed by atoms with Crippen molar-refractivity contribution in [2.45, 2.75) is 0 Å². The number of para-hydroxylation sites is 1. The van der Waals surface area contributed by atoms with Gasteiger partial charge in [0.25, 0.3) is 0 Å². The van der Waals surface area contributed by atoms with Crippen LogP contribution in [0, 0.1) is 0 Å². The fourth-order valence-corrected chi connectivity index (χ4v) is 2.37. The first kappa shape index (κ1) is 13.7. The summed E-state index contributed by atoms with van der Waals surface area (Å²) in [6.45, 7) is 0. The van der Waals surface area contributed by atoms with Gasteiger partial charge in [-0.2, -0.15) is 0 Å². The zero-order chi connectivity index (χ0) is 13.7. The van der Waals surface area contributed by atoms with Crippen molar-refractivity contribution < 1.29 is 9.53 Å². The molecule has 0 unspecified atom stereocenters. The maximum Gasteiger partial charge on any atom is 0.211 e. The smallest absolute Gasteiger partial charge is 0.211 e. The first-order valence-corrected chi connectivity index (χ1v) is 8.26. The van der Waals surface area contributed by atoms with Crippen LogP contribution in [0.3, 0.4) is 0 Å². The van der Waals surface area contributed by atoms with Crippen molar-refractivity contribution in [2.75, 3.05) is 18.3 Å². The average Bonchev–Trinajstić information content (AvgIpc) is 2.40. The van der Waals surface area contributed by atoms with E-state index in [1.165, 1.54) is 0 Å². The molecule has 0 aliphatic rings. The van der Waals surface area contributed by atoms with Crippen molar-refractivity contribution in [1.29, 1.82) is 0 Å². The predicted molar refractivity (Wildman–Crippen MR) is 81.4 cm³/mol. The summed E-state index contributed by atoms with van der Waals surface area (Å²) in [4.78, 5) is 11.9. The third kappa shape index (κ3) is 4.14. The number of rotatable bonds is 5. The molecular formula is C16H17O2S+. The van der Waals surface area contributed by atoms with Crippen molar-refractivity contribution in [3.05, 3.63) is 60.2 Å². The van der Waals surface area contributed by atoms with Gasteiger partial charge in [0.05, 0.1) is 12.5 Å². The van der Waals surface area contributed by atoms with Gasteiger partial charge in [0.1, 0.15) is 11.5 Å². The lowest BCUT2D eigenvalue weighted by Crippen LogP contribution is -2.13. The van der Waals surface area contributed by atoms with E-state index in [0.717, 1.165) is 17.1 Å². The minimum atomic E-state index is 0.136. The van der Waals surface area contributed by atoms with E-state index in [-0.39, 0.29) is 16.7 Å². The molecule has 19 heavy (non-hydrogen) atoms. The minimum Gasteiger partial charge on any atom is -0.457 e. The summed E-state index contributed by atoms with van der Waals surface area (Å²) in [6.07, 6.45) is 4.15. The molecule has 2 rings (SSSR count). The van der Waals surface area contributed by atoms with Gasteiger partial charge in [-0.1, -0.05) is 18.2 Å². The number of ketones is 1. The molecule has 98 valence electrons. The molecule has 0 amide bonds. The van der Waals surface area contributed by atoms with Gasteiger partial charge in [-0.05, 0) is 47.3 Å². The Labute approximate surface area is 116 Å². The Morgan fingerprint density at radius 2 is 1.53 bits per heavy atom. The van der Waals surface area contributed by atoms with Crippen LogP contribution in [-0.4, -0.2) is 24.0 Å². The van der Waals surface area contributed by atoms with E-state index in [9.17, 15) is 4.79 Å². The van der Waals surface area contributed by atoms with Crippen LogP contribution in [-0.2, 0) is 10.9 Å². The number of carbonyl (C=O) groups excluding carboxylic acids is 1. The molecule has 0 aliphatic heterocycles. The summed E-state index contributed by atoms with van der Waals surface area (Å²) in [7, 11) is 0.136. The Morgan fingerprint density at radius 1 is 0.947 bits per heavy atom. The highest BCUT2D eigenvalue weighted by molar-refractivity contribution is 7.96. The summed E-state index contributed by atoms with van der Waals surface area (Å²) < 4.78 is 5.68. The summed E-state index contributed by atoms with van der Waals surface area (Å²) >= 11 is 0. The highest BCUT2D eigenvalue weighted by atomic mass is 32.2. The molecule has 0 atom stereocenters. The molecular weight excluding hydrogens is 256 g/mol. The Bertz CT molecular complexity index is 532. The van der Waals surface area contributed by atoms with Crippen molar-refractivity contribution in [3.8, 4) is 11.5 Å². The molecule has 0 N–H and O–H groups in total. The summed E-state index contributed by atoms with van der Waals surface area (Å²) in [5.74, 6) is 2.35. The van der Waals surface area contributed by atoms with Gasteiger partial charge in [0.15, 0.2) is 5.75 Å². The normalized spacial score (nSPS) is 10.5. The molecule has 0 saturated carbocycles. The molecule has 0 heterocycles. The van der Waals surface area contributed by atoms with E-state index in [4.69, 9.17) is 4.74 Å². The van der Waals surface area contributed by atoms with Gasteiger partial charge in [0.2, 0.25) is 5.78 Å². The molecule has 0 spiro atoms. The first-order valence-electron chi connectivity index (χ1n) is 6.05. The van der Waals surface area contributed by atoms with Gasteiger partial charge in [0, 0.05) is 5.56 Å². The number of hydrogen-bond acceptors (Lipinski definition) is 2. The highest BCUT2D eigenvalue weighted by Gasteiger charge is 2.13. The fraction of sp³-hybridized carbons (Fsp3) is 0.188. The predicted octanol–water partition coefficient (Wildman–Crippen LogP) is 3.54. The number of carbonyl (C=O) groups is 1. The second-order valence-electron chi connectivity index (χ2n) is 4.49. The van der Waals surface area contributed by atoms with E-state index in [1.54, 1.807) is 0 Å². The third-order valence-corrected chi connectivity index (χ3v) is 3.41. The molecule has 0 radical (unpaired) electrons. The van der Waals surface area contributed by atoms with Crippen molar-refractivity contribution in [1.82, 2.24) is 0 Å². The monoisotopic (exact) mass is 273 g/mol. The molecule has 2 nitrogen and oxygen atoms in total. The van der Waals surface area contributed by atoms with Gasteiger partial charge >= 0.3 is 0 Å².